The number of aryl methyl sites for hydroxylation is 1. The van der Waals surface area contributed by atoms with Crippen LogP contribution in [0.1, 0.15) is 53.6 Å². The summed E-state index contributed by atoms with van der Waals surface area (Å²) < 4.78 is 0. The second-order valence-corrected chi connectivity index (χ2v) is 11.4. The molecule has 2 aromatic rings. The minimum atomic E-state index is -0.807. The average molecular weight is 560 g/mol. The first-order chi connectivity index (χ1) is 20.0. The number of rotatable bonds is 8. The van der Waals surface area contributed by atoms with Gasteiger partial charge >= 0.3 is 0 Å². The highest BCUT2D eigenvalue weighted by Gasteiger charge is 2.45. The molecule has 0 spiro atoms. The van der Waals surface area contributed by atoms with E-state index in [-0.39, 0.29) is 35.6 Å². The van der Waals surface area contributed by atoms with Gasteiger partial charge in [0.1, 0.15) is 18.1 Å². The van der Waals surface area contributed by atoms with Gasteiger partial charge in [-0.25, -0.2) is 10.9 Å². The molecule has 6 rings (SSSR count). The molecule has 2 aromatic carbocycles. The molecule has 4 atom stereocenters. The van der Waals surface area contributed by atoms with E-state index < -0.39 is 18.1 Å². The zero-order chi connectivity index (χ0) is 28.3. The lowest BCUT2D eigenvalue weighted by Crippen LogP contribution is -2.58. The minimum absolute atomic E-state index is 0.00540. The molecule has 3 aliphatic heterocycles. The van der Waals surface area contributed by atoms with Crippen molar-refractivity contribution >= 4 is 29.3 Å². The fraction of sp³-hybridized carbons (Fsp3) is 0.467. The van der Waals surface area contributed by atoms with Gasteiger partial charge in [-0.1, -0.05) is 49.2 Å². The fourth-order valence-corrected chi connectivity index (χ4v) is 6.58. The maximum Gasteiger partial charge on any atom is 0.251 e. The lowest BCUT2D eigenvalue weighted by atomic mass is 9.95. The second kappa shape index (κ2) is 12.0. The molecule has 11 heteroatoms. The van der Waals surface area contributed by atoms with Crippen LogP contribution in [0.25, 0.3) is 0 Å². The Hall–Kier alpha value is -3.80. The van der Waals surface area contributed by atoms with Gasteiger partial charge in [0.25, 0.3) is 5.91 Å². The molecule has 0 radical (unpaired) electrons. The molecule has 1 aliphatic carbocycles. The quantitative estimate of drug-likeness (QED) is 0.276. The molecule has 0 bridgehead atoms. The number of carbonyl (C=O) groups excluding carboxylic acids is 4. The van der Waals surface area contributed by atoms with Crippen molar-refractivity contribution in [3.63, 3.8) is 0 Å². The number of para-hydroxylation sites is 1. The van der Waals surface area contributed by atoms with E-state index in [0.29, 0.717) is 37.9 Å². The Bertz CT molecular complexity index is 1310. The van der Waals surface area contributed by atoms with E-state index in [9.17, 15) is 19.2 Å². The van der Waals surface area contributed by atoms with E-state index in [1.807, 2.05) is 24.3 Å². The maximum atomic E-state index is 14.1. The van der Waals surface area contributed by atoms with Crippen molar-refractivity contribution in [1.82, 2.24) is 32.3 Å². The van der Waals surface area contributed by atoms with E-state index in [2.05, 4.69) is 32.3 Å². The van der Waals surface area contributed by atoms with Gasteiger partial charge in [-0.15, -0.1) is 0 Å². The molecule has 1 unspecified atom stereocenters. The Morgan fingerprint density at radius 1 is 0.976 bits per heavy atom. The molecule has 1 saturated carbocycles. The van der Waals surface area contributed by atoms with Crippen molar-refractivity contribution in [2.75, 3.05) is 18.0 Å². The van der Waals surface area contributed by atoms with Crippen molar-refractivity contribution in [2.45, 2.75) is 69.1 Å². The van der Waals surface area contributed by atoms with Gasteiger partial charge in [-0.2, -0.15) is 5.53 Å². The Morgan fingerprint density at radius 2 is 1.76 bits per heavy atom. The summed E-state index contributed by atoms with van der Waals surface area (Å²) in [5.41, 5.74) is 12.1. The molecule has 4 aliphatic rings. The Kier molecular flexibility index (Phi) is 8.00. The smallest absolute Gasteiger partial charge is 0.251 e. The van der Waals surface area contributed by atoms with Crippen molar-refractivity contribution < 1.29 is 19.2 Å². The molecule has 6 N–H and O–H groups in total. The molecular formula is C30H37N7O4. The number of hydrogen-bond donors (Lipinski definition) is 6. The molecule has 3 heterocycles. The van der Waals surface area contributed by atoms with E-state index in [1.165, 1.54) is 0 Å². The van der Waals surface area contributed by atoms with Crippen LogP contribution in [-0.2, 0) is 27.2 Å². The van der Waals surface area contributed by atoms with Crippen LogP contribution in [0.3, 0.4) is 0 Å². The first kappa shape index (κ1) is 27.4. The SMILES string of the molecule is O=C(N[C@H](C(=O)N[C@H]1CCc2cccc3c2N(C1=O)[C@H](C(=O)NCC1CNNN1)C3)C1CCCC1)c1ccccc1. The third-order valence-corrected chi connectivity index (χ3v) is 8.74. The van der Waals surface area contributed by atoms with Gasteiger partial charge in [0.15, 0.2) is 0 Å². The zero-order valence-corrected chi connectivity index (χ0v) is 22.9. The van der Waals surface area contributed by atoms with Gasteiger partial charge < -0.3 is 16.0 Å². The summed E-state index contributed by atoms with van der Waals surface area (Å²) in [6, 6.07) is 12.6. The molecule has 4 amide bonds. The molecular weight excluding hydrogens is 522 g/mol. The summed E-state index contributed by atoms with van der Waals surface area (Å²) in [6.45, 7) is 1.07. The molecule has 1 saturated heterocycles. The van der Waals surface area contributed by atoms with Crippen LogP contribution in [0, 0.1) is 5.92 Å². The maximum absolute atomic E-state index is 14.1. The van der Waals surface area contributed by atoms with Crippen molar-refractivity contribution in [3.8, 4) is 0 Å². The van der Waals surface area contributed by atoms with Crippen LogP contribution in [0.5, 0.6) is 0 Å². The summed E-state index contributed by atoms with van der Waals surface area (Å²) in [5, 5.41) is 8.95. The van der Waals surface area contributed by atoms with Gasteiger partial charge in [0.05, 0.1) is 11.7 Å². The standard InChI is InChI=1S/C30H37N7O4/c38-27(20-9-2-1-3-10-20)34-25(18-7-4-5-8-18)29(40)33-23-14-13-19-11-6-12-21-15-24(37(26(19)21)30(23)41)28(39)31-16-22-17-32-36-35-22/h1-3,6,9-12,18,22-25,32,35-36H,4-5,7-8,13-17H2,(H,31,39)(H,33,40)(H,34,38)/t22?,23-,24-,25-/m0/s1. The topological polar surface area (TPSA) is 144 Å². The number of carbonyl (C=O) groups is 4. The van der Waals surface area contributed by atoms with Crippen molar-refractivity contribution in [1.29, 1.82) is 0 Å². The third kappa shape index (κ3) is 5.70. The van der Waals surface area contributed by atoms with Crippen LogP contribution < -0.4 is 37.2 Å². The number of nitrogens with zero attached hydrogens (tertiary/aromatic N) is 1. The largest absolute Gasteiger partial charge is 0.353 e. The summed E-state index contributed by atoms with van der Waals surface area (Å²) in [4.78, 5) is 55.9. The normalized spacial score (nSPS) is 24.4. The van der Waals surface area contributed by atoms with Crippen LogP contribution in [0.2, 0.25) is 0 Å². The summed E-state index contributed by atoms with van der Waals surface area (Å²) in [7, 11) is 0. The summed E-state index contributed by atoms with van der Waals surface area (Å²) in [5.74, 6) is -1.16. The Balaban J connectivity index is 1.20. The van der Waals surface area contributed by atoms with Gasteiger partial charge in [-0.3, -0.25) is 24.1 Å². The number of benzene rings is 2. The van der Waals surface area contributed by atoms with E-state index in [0.717, 1.165) is 42.5 Å². The summed E-state index contributed by atoms with van der Waals surface area (Å²) >= 11 is 0. The number of amides is 4. The van der Waals surface area contributed by atoms with Crippen molar-refractivity contribution in [3.05, 3.63) is 65.2 Å². The van der Waals surface area contributed by atoms with Gasteiger partial charge in [0, 0.05) is 25.1 Å². The second-order valence-electron chi connectivity index (χ2n) is 11.4. The molecule has 216 valence electrons. The van der Waals surface area contributed by atoms with Crippen molar-refractivity contribution in [2.24, 2.45) is 5.92 Å². The van der Waals surface area contributed by atoms with Gasteiger partial charge in [-0.05, 0) is 54.9 Å². The van der Waals surface area contributed by atoms with Crippen LogP contribution in [0.15, 0.2) is 48.5 Å². The van der Waals surface area contributed by atoms with Crippen LogP contribution >= 0.6 is 0 Å². The lowest BCUT2D eigenvalue weighted by Gasteiger charge is -2.30. The van der Waals surface area contributed by atoms with E-state index in [1.54, 1.807) is 29.2 Å². The average Bonchev–Trinajstić information content (AvgIpc) is 3.77. The zero-order valence-electron chi connectivity index (χ0n) is 22.9. The number of nitrogens with one attached hydrogen (secondary N) is 6. The molecule has 2 fully saturated rings. The first-order valence-electron chi connectivity index (χ1n) is 14.6. The highest BCUT2D eigenvalue weighted by atomic mass is 16.2. The highest BCUT2D eigenvalue weighted by Crippen LogP contribution is 2.39. The first-order valence-corrected chi connectivity index (χ1v) is 14.6. The van der Waals surface area contributed by atoms with Crippen LogP contribution in [-0.4, -0.2) is 60.9 Å². The molecule has 11 nitrogen and oxygen atoms in total. The fourth-order valence-electron chi connectivity index (χ4n) is 6.58. The van der Waals surface area contributed by atoms with E-state index in [4.69, 9.17) is 0 Å². The highest BCUT2D eigenvalue weighted by molar-refractivity contribution is 6.08. The predicted molar refractivity (Wildman–Crippen MR) is 152 cm³/mol. The van der Waals surface area contributed by atoms with Gasteiger partial charge in [0.2, 0.25) is 17.7 Å². The number of anilines is 1. The summed E-state index contributed by atoms with van der Waals surface area (Å²) in [6.07, 6.45) is 5.13. The molecule has 41 heavy (non-hydrogen) atoms. The van der Waals surface area contributed by atoms with Crippen LogP contribution in [0.4, 0.5) is 5.69 Å². The lowest BCUT2D eigenvalue weighted by molar-refractivity contribution is -0.130. The molecule has 0 aromatic heterocycles. The van der Waals surface area contributed by atoms with E-state index >= 15 is 0 Å². The monoisotopic (exact) mass is 559 g/mol. The predicted octanol–water partition coefficient (Wildman–Crippen LogP) is 0.461. The Morgan fingerprint density at radius 3 is 2.51 bits per heavy atom. The third-order valence-electron chi connectivity index (χ3n) is 8.74. The number of hydrazine groups is 2. The Labute approximate surface area is 239 Å². The number of hydrogen-bond acceptors (Lipinski definition) is 7. The minimum Gasteiger partial charge on any atom is -0.353 e.